The van der Waals surface area contributed by atoms with Crippen molar-refractivity contribution in [2.45, 2.75) is 37.6 Å². The molecule has 0 unspecified atom stereocenters. The van der Waals surface area contributed by atoms with Crippen LogP contribution in [0.25, 0.3) is 0 Å². The summed E-state index contributed by atoms with van der Waals surface area (Å²) in [6, 6.07) is 5.94. The minimum Gasteiger partial charge on any atom is -0.353 e. The Balaban J connectivity index is 1.52. The van der Waals surface area contributed by atoms with Gasteiger partial charge in [0.1, 0.15) is 5.82 Å². The molecule has 1 aromatic rings. The molecule has 2 fully saturated rings. The lowest BCUT2D eigenvalue weighted by atomic mass is 9.94. The lowest BCUT2D eigenvalue weighted by molar-refractivity contribution is -0.132. The summed E-state index contributed by atoms with van der Waals surface area (Å²) in [5.74, 6) is 1.22. The molecule has 1 saturated heterocycles. The topological polar surface area (TPSA) is 62.5 Å². The van der Waals surface area contributed by atoms with Gasteiger partial charge in [-0.15, -0.1) is 0 Å². The molecule has 5 heteroatoms. The minimum absolute atomic E-state index is 0.222. The number of carbonyl (C=O) groups is 1. The lowest BCUT2D eigenvalue weighted by Gasteiger charge is -2.37. The molecule has 0 aromatic carbocycles. The van der Waals surface area contributed by atoms with E-state index in [1.807, 2.05) is 29.3 Å². The fourth-order valence-electron chi connectivity index (χ4n) is 3.39. The van der Waals surface area contributed by atoms with E-state index in [2.05, 4.69) is 9.88 Å². The average Bonchev–Trinajstić information content (AvgIpc) is 2.94. The van der Waals surface area contributed by atoms with Gasteiger partial charge in [-0.2, -0.15) is 0 Å². The first-order chi connectivity index (χ1) is 10.2. The molecule has 2 heterocycles. The first-order valence-corrected chi connectivity index (χ1v) is 7.89. The van der Waals surface area contributed by atoms with Gasteiger partial charge >= 0.3 is 0 Å². The molecule has 0 spiro atoms. The number of nitrogens with two attached hydrogens (primary N) is 1. The molecule has 0 atom stereocenters. The van der Waals surface area contributed by atoms with Crippen LogP contribution in [0.5, 0.6) is 0 Å². The molecule has 114 valence electrons. The fraction of sp³-hybridized carbons (Fsp3) is 0.625. The van der Waals surface area contributed by atoms with Gasteiger partial charge in [0, 0.05) is 44.3 Å². The van der Waals surface area contributed by atoms with Crippen molar-refractivity contribution in [1.29, 1.82) is 0 Å². The summed E-state index contributed by atoms with van der Waals surface area (Å²) in [6.45, 7) is 3.23. The molecule has 1 aliphatic heterocycles. The Morgan fingerprint density at radius 1 is 1.19 bits per heavy atom. The number of piperazine rings is 1. The highest BCUT2D eigenvalue weighted by Gasteiger charge is 2.34. The Bertz CT molecular complexity index is 476. The minimum atomic E-state index is -0.241. The van der Waals surface area contributed by atoms with E-state index in [0.29, 0.717) is 6.42 Å². The molecule has 1 amide bonds. The third kappa shape index (κ3) is 3.35. The molecule has 2 aliphatic rings. The maximum absolute atomic E-state index is 12.4. The van der Waals surface area contributed by atoms with Crippen LogP contribution in [-0.4, -0.2) is 47.5 Å². The van der Waals surface area contributed by atoms with Crippen LogP contribution in [0.2, 0.25) is 0 Å². The summed E-state index contributed by atoms with van der Waals surface area (Å²) < 4.78 is 0. The van der Waals surface area contributed by atoms with Gasteiger partial charge < -0.3 is 15.5 Å². The predicted molar refractivity (Wildman–Crippen MR) is 83.0 cm³/mol. The van der Waals surface area contributed by atoms with E-state index in [4.69, 9.17) is 5.73 Å². The van der Waals surface area contributed by atoms with Crippen LogP contribution in [-0.2, 0) is 4.79 Å². The van der Waals surface area contributed by atoms with Crippen LogP contribution < -0.4 is 10.6 Å². The van der Waals surface area contributed by atoms with Crippen molar-refractivity contribution >= 4 is 11.7 Å². The van der Waals surface area contributed by atoms with Crippen molar-refractivity contribution in [2.75, 3.05) is 31.1 Å². The number of pyridine rings is 1. The van der Waals surface area contributed by atoms with E-state index < -0.39 is 0 Å². The van der Waals surface area contributed by atoms with E-state index in [-0.39, 0.29) is 11.4 Å². The Morgan fingerprint density at radius 3 is 2.52 bits per heavy atom. The molecule has 0 radical (unpaired) electrons. The van der Waals surface area contributed by atoms with Crippen molar-refractivity contribution in [3.05, 3.63) is 24.4 Å². The fourth-order valence-corrected chi connectivity index (χ4v) is 3.39. The molecule has 21 heavy (non-hydrogen) atoms. The van der Waals surface area contributed by atoms with Crippen molar-refractivity contribution < 1.29 is 4.79 Å². The Morgan fingerprint density at radius 2 is 1.90 bits per heavy atom. The van der Waals surface area contributed by atoms with Crippen molar-refractivity contribution in [3.8, 4) is 0 Å². The second-order valence-electron chi connectivity index (χ2n) is 6.30. The first kappa shape index (κ1) is 14.3. The van der Waals surface area contributed by atoms with Gasteiger partial charge in [0.05, 0.1) is 0 Å². The first-order valence-electron chi connectivity index (χ1n) is 7.89. The average molecular weight is 288 g/mol. The Hall–Kier alpha value is -1.62. The number of hydrogen-bond donors (Lipinski definition) is 1. The van der Waals surface area contributed by atoms with Gasteiger partial charge in [0.25, 0.3) is 0 Å². The molecule has 3 rings (SSSR count). The summed E-state index contributed by atoms with van der Waals surface area (Å²) in [5.41, 5.74) is 6.08. The summed E-state index contributed by atoms with van der Waals surface area (Å²) >= 11 is 0. The van der Waals surface area contributed by atoms with Gasteiger partial charge in [-0.3, -0.25) is 4.79 Å². The van der Waals surface area contributed by atoms with Crippen molar-refractivity contribution in [3.63, 3.8) is 0 Å². The van der Waals surface area contributed by atoms with E-state index in [1.54, 1.807) is 0 Å². The van der Waals surface area contributed by atoms with Crippen LogP contribution in [0.3, 0.4) is 0 Å². The molecular formula is C16H24N4O. The molecule has 2 N–H and O–H groups in total. The van der Waals surface area contributed by atoms with Crippen molar-refractivity contribution in [1.82, 2.24) is 9.88 Å². The molecule has 0 bridgehead atoms. The number of hydrogen-bond acceptors (Lipinski definition) is 4. The van der Waals surface area contributed by atoms with Gasteiger partial charge in [0.15, 0.2) is 0 Å². The number of anilines is 1. The summed E-state index contributed by atoms with van der Waals surface area (Å²) in [6.07, 6.45) is 6.63. The van der Waals surface area contributed by atoms with E-state index in [9.17, 15) is 4.79 Å². The maximum atomic E-state index is 12.4. The van der Waals surface area contributed by atoms with E-state index >= 15 is 0 Å². The maximum Gasteiger partial charge on any atom is 0.224 e. The normalized spacial score (nSPS) is 21.6. The Kier molecular flexibility index (Phi) is 4.10. The predicted octanol–water partition coefficient (Wildman–Crippen LogP) is 1.39. The van der Waals surface area contributed by atoms with E-state index in [0.717, 1.165) is 57.7 Å². The second kappa shape index (κ2) is 6.02. The number of carbonyl (C=O) groups excluding carboxylic acids is 1. The van der Waals surface area contributed by atoms with Gasteiger partial charge in [0.2, 0.25) is 5.91 Å². The number of nitrogens with zero attached hydrogens (tertiary/aromatic N) is 3. The molecular weight excluding hydrogens is 264 g/mol. The van der Waals surface area contributed by atoms with Gasteiger partial charge in [-0.1, -0.05) is 18.9 Å². The van der Waals surface area contributed by atoms with Crippen LogP contribution >= 0.6 is 0 Å². The van der Waals surface area contributed by atoms with Gasteiger partial charge in [-0.05, 0) is 25.0 Å². The largest absolute Gasteiger partial charge is 0.353 e. The zero-order valence-electron chi connectivity index (χ0n) is 12.5. The second-order valence-corrected chi connectivity index (χ2v) is 6.30. The third-order valence-electron chi connectivity index (χ3n) is 4.71. The SMILES string of the molecule is NC1(CC(=O)N2CCN(c3ccccn3)CC2)CCCC1. The van der Waals surface area contributed by atoms with Gasteiger partial charge in [-0.25, -0.2) is 4.98 Å². The quantitative estimate of drug-likeness (QED) is 0.913. The van der Waals surface area contributed by atoms with Crippen LogP contribution in [0.15, 0.2) is 24.4 Å². The third-order valence-corrected chi connectivity index (χ3v) is 4.71. The van der Waals surface area contributed by atoms with Crippen LogP contribution in [0.1, 0.15) is 32.1 Å². The highest BCUT2D eigenvalue weighted by molar-refractivity contribution is 5.77. The zero-order chi connectivity index (χ0) is 14.7. The molecule has 1 aromatic heterocycles. The number of aromatic nitrogens is 1. The highest BCUT2D eigenvalue weighted by Crippen LogP contribution is 2.30. The summed E-state index contributed by atoms with van der Waals surface area (Å²) in [5, 5.41) is 0. The van der Waals surface area contributed by atoms with Crippen LogP contribution in [0, 0.1) is 0 Å². The monoisotopic (exact) mass is 288 g/mol. The standard InChI is InChI=1S/C16H24N4O/c17-16(6-2-3-7-16)13-15(21)20-11-9-19(10-12-20)14-5-1-4-8-18-14/h1,4-5,8H,2-3,6-7,9-13,17H2. The molecule has 1 saturated carbocycles. The highest BCUT2D eigenvalue weighted by atomic mass is 16.2. The van der Waals surface area contributed by atoms with E-state index in [1.165, 1.54) is 0 Å². The summed E-state index contributed by atoms with van der Waals surface area (Å²) in [4.78, 5) is 21.0. The lowest BCUT2D eigenvalue weighted by Crippen LogP contribution is -2.51. The van der Waals surface area contributed by atoms with Crippen molar-refractivity contribution in [2.24, 2.45) is 5.73 Å². The molecule has 1 aliphatic carbocycles. The van der Waals surface area contributed by atoms with Crippen LogP contribution in [0.4, 0.5) is 5.82 Å². The summed E-state index contributed by atoms with van der Waals surface area (Å²) in [7, 11) is 0. The number of amides is 1. The Labute approximate surface area is 126 Å². The number of rotatable bonds is 3. The zero-order valence-corrected chi connectivity index (χ0v) is 12.5. The smallest absolute Gasteiger partial charge is 0.224 e. The molecule has 5 nitrogen and oxygen atoms in total.